The molecule has 2 N–H and O–H groups in total. The number of rotatable bonds is 6. The van der Waals surface area contributed by atoms with Crippen LogP contribution in [0.5, 0.6) is 0 Å². The lowest BCUT2D eigenvalue weighted by Crippen LogP contribution is -2.26. The van der Waals surface area contributed by atoms with Crippen LogP contribution in [0.15, 0.2) is 40.4 Å². The van der Waals surface area contributed by atoms with E-state index in [-0.39, 0.29) is 28.1 Å². The van der Waals surface area contributed by atoms with Gasteiger partial charge in [-0.05, 0) is 19.1 Å². The maximum atomic E-state index is 12.6. The van der Waals surface area contributed by atoms with Crippen molar-refractivity contribution in [1.29, 1.82) is 0 Å². The minimum absolute atomic E-state index is 0.105. The van der Waals surface area contributed by atoms with Gasteiger partial charge in [0.2, 0.25) is 0 Å². The summed E-state index contributed by atoms with van der Waals surface area (Å²) in [6, 6.07) is 3.58. The molecule has 0 unspecified atom stereocenters. The Balaban J connectivity index is 1.57. The molecule has 0 aromatic carbocycles. The van der Waals surface area contributed by atoms with Gasteiger partial charge in [-0.2, -0.15) is 23.4 Å². The Hall–Kier alpha value is -2.86. The summed E-state index contributed by atoms with van der Waals surface area (Å²) in [5.74, 6) is 0.318. The number of aromatic nitrogens is 5. The van der Waals surface area contributed by atoms with Crippen molar-refractivity contribution in [2.24, 2.45) is 0 Å². The largest absolute Gasteiger partial charge is 0.417 e. The van der Waals surface area contributed by atoms with E-state index in [4.69, 9.17) is 11.6 Å². The van der Waals surface area contributed by atoms with E-state index in [9.17, 15) is 22.8 Å². The summed E-state index contributed by atoms with van der Waals surface area (Å²) in [7, 11) is 0. The molecule has 0 bridgehead atoms. The lowest BCUT2D eigenvalue weighted by atomic mass is 10.2. The number of thioether (sulfide) groups is 1. The van der Waals surface area contributed by atoms with Crippen LogP contribution in [0.25, 0.3) is 5.82 Å². The van der Waals surface area contributed by atoms with Crippen LogP contribution in [0, 0.1) is 6.92 Å². The third-order valence-corrected chi connectivity index (χ3v) is 5.30. The van der Waals surface area contributed by atoms with Gasteiger partial charge in [0, 0.05) is 24.6 Å². The second-order valence-electron chi connectivity index (χ2n) is 5.95. The number of hydrogen-bond acceptors (Lipinski definition) is 6. The molecule has 158 valence electrons. The van der Waals surface area contributed by atoms with Crippen LogP contribution in [0.1, 0.15) is 21.6 Å². The highest BCUT2D eigenvalue weighted by Crippen LogP contribution is 2.33. The van der Waals surface area contributed by atoms with Gasteiger partial charge in [0.05, 0.1) is 28.0 Å². The summed E-state index contributed by atoms with van der Waals surface area (Å²) in [6.45, 7) is 1.90. The first-order valence-electron chi connectivity index (χ1n) is 8.41. The fourth-order valence-corrected chi connectivity index (χ4v) is 3.46. The van der Waals surface area contributed by atoms with Gasteiger partial charge in [-0.3, -0.25) is 9.59 Å². The molecule has 30 heavy (non-hydrogen) atoms. The molecule has 0 aliphatic rings. The fraction of sp³-hybridized carbons (Fsp3) is 0.235. The van der Waals surface area contributed by atoms with Crippen LogP contribution < -0.4 is 10.9 Å². The summed E-state index contributed by atoms with van der Waals surface area (Å²) in [5, 5.41) is 13.1. The standard InChI is InChI=1S/C17H14ClF3N6O2S/c1-9-11(8-24-27(9)13-2-3-14(28)26-25-13)15(29)22-4-5-30-16-12(18)6-10(7-23-16)17(19,20)21/h2-3,6-8H,4-5H2,1H3,(H,22,29)(H,26,28). The predicted octanol–water partition coefficient (Wildman–Crippen LogP) is 2.85. The molecule has 0 aliphatic heterocycles. The predicted molar refractivity (Wildman–Crippen MR) is 104 cm³/mol. The minimum atomic E-state index is -4.51. The van der Waals surface area contributed by atoms with Crippen LogP contribution in [0.3, 0.4) is 0 Å². The zero-order chi connectivity index (χ0) is 21.9. The molecule has 3 aromatic rings. The third-order valence-electron chi connectivity index (χ3n) is 3.90. The number of nitrogens with one attached hydrogen (secondary N) is 2. The number of hydrogen-bond donors (Lipinski definition) is 2. The van der Waals surface area contributed by atoms with Gasteiger partial charge in [-0.25, -0.2) is 14.8 Å². The number of amides is 1. The Morgan fingerprint density at radius 1 is 1.33 bits per heavy atom. The maximum Gasteiger partial charge on any atom is 0.417 e. The lowest BCUT2D eigenvalue weighted by Gasteiger charge is -2.09. The average Bonchev–Trinajstić information content (AvgIpc) is 3.07. The van der Waals surface area contributed by atoms with Crippen molar-refractivity contribution in [2.75, 3.05) is 12.3 Å². The summed E-state index contributed by atoms with van der Waals surface area (Å²) < 4.78 is 39.3. The van der Waals surface area contributed by atoms with E-state index in [0.717, 1.165) is 24.0 Å². The van der Waals surface area contributed by atoms with E-state index >= 15 is 0 Å². The molecule has 0 saturated heterocycles. The Morgan fingerprint density at radius 2 is 2.10 bits per heavy atom. The number of pyridine rings is 1. The molecular weight excluding hydrogens is 445 g/mol. The number of carbonyl (C=O) groups is 1. The quantitative estimate of drug-likeness (QED) is 0.434. The first-order chi connectivity index (χ1) is 14.2. The first-order valence-corrected chi connectivity index (χ1v) is 9.77. The summed E-state index contributed by atoms with van der Waals surface area (Å²) in [4.78, 5) is 27.2. The summed E-state index contributed by atoms with van der Waals surface area (Å²) in [6.07, 6.45) is -2.42. The first kappa shape index (κ1) is 21.8. The monoisotopic (exact) mass is 458 g/mol. The zero-order valence-electron chi connectivity index (χ0n) is 15.3. The van der Waals surface area contributed by atoms with Crippen LogP contribution in [-0.2, 0) is 6.18 Å². The molecule has 3 rings (SSSR count). The molecule has 0 fully saturated rings. The average molecular weight is 459 g/mol. The number of H-pyrrole nitrogens is 1. The molecule has 0 radical (unpaired) electrons. The molecule has 3 aromatic heterocycles. The topological polar surface area (TPSA) is 106 Å². The second-order valence-corrected chi connectivity index (χ2v) is 7.44. The van der Waals surface area contributed by atoms with Crippen molar-refractivity contribution in [2.45, 2.75) is 18.1 Å². The van der Waals surface area contributed by atoms with Gasteiger partial charge in [0.25, 0.3) is 11.5 Å². The number of carbonyl (C=O) groups excluding carboxylic acids is 1. The maximum absolute atomic E-state index is 12.6. The van der Waals surface area contributed by atoms with Gasteiger partial charge < -0.3 is 5.32 Å². The molecule has 8 nitrogen and oxygen atoms in total. The van der Waals surface area contributed by atoms with Gasteiger partial charge in [-0.15, -0.1) is 11.8 Å². The summed E-state index contributed by atoms with van der Waals surface area (Å²) >= 11 is 6.98. The number of alkyl halides is 3. The van der Waals surface area contributed by atoms with Crippen molar-refractivity contribution in [3.63, 3.8) is 0 Å². The van der Waals surface area contributed by atoms with E-state index in [2.05, 4.69) is 25.6 Å². The molecule has 3 heterocycles. The van der Waals surface area contributed by atoms with E-state index in [1.54, 1.807) is 6.92 Å². The van der Waals surface area contributed by atoms with Crippen molar-refractivity contribution in [3.05, 3.63) is 62.8 Å². The normalized spacial score (nSPS) is 11.5. The molecule has 0 saturated carbocycles. The van der Waals surface area contributed by atoms with Crippen molar-refractivity contribution < 1.29 is 18.0 Å². The van der Waals surface area contributed by atoms with Crippen LogP contribution in [0.4, 0.5) is 13.2 Å². The van der Waals surface area contributed by atoms with Crippen molar-refractivity contribution >= 4 is 29.3 Å². The van der Waals surface area contributed by atoms with Crippen LogP contribution >= 0.6 is 23.4 Å². The molecular formula is C17H14ClF3N6O2S. The van der Waals surface area contributed by atoms with Crippen LogP contribution in [0.2, 0.25) is 5.02 Å². The summed E-state index contributed by atoms with van der Waals surface area (Å²) in [5.41, 5.74) is -0.442. The van der Waals surface area contributed by atoms with E-state index in [1.165, 1.54) is 23.0 Å². The third kappa shape index (κ3) is 5.00. The van der Waals surface area contributed by atoms with E-state index in [1.807, 2.05) is 0 Å². The second kappa shape index (κ2) is 8.88. The van der Waals surface area contributed by atoms with Gasteiger partial charge >= 0.3 is 6.18 Å². The molecule has 0 aliphatic carbocycles. The SMILES string of the molecule is Cc1c(C(=O)NCCSc2ncc(C(F)(F)F)cc2Cl)cnn1-c1ccc(=O)[nH]n1. The van der Waals surface area contributed by atoms with E-state index < -0.39 is 11.7 Å². The van der Waals surface area contributed by atoms with Crippen LogP contribution in [-0.4, -0.2) is 43.2 Å². The minimum Gasteiger partial charge on any atom is -0.351 e. The molecule has 13 heteroatoms. The highest BCUT2D eigenvalue weighted by atomic mass is 35.5. The Bertz CT molecular complexity index is 1110. The van der Waals surface area contributed by atoms with Crippen molar-refractivity contribution in [3.8, 4) is 5.82 Å². The van der Waals surface area contributed by atoms with Crippen molar-refractivity contribution in [1.82, 2.24) is 30.3 Å². The van der Waals surface area contributed by atoms with E-state index in [0.29, 0.717) is 22.8 Å². The smallest absolute Gasteiger partial charge is 0.351 e. The Morgan fingerprint density at radius 3 is 2.73 bits per heavy atom. The zero-order valence-corrected chi connectivity index (χ0v) is 16.9. The Kier molecular flexibility index (Phi) is 6.46. The number of aromatic amines is 1. The number of halogens is 4. The Labute approximate surface area is 176 Å². The van der Waals surface area contributed by atoms with Gasteiger partial charge in [-0.1, -0.05) is 11.6 Å². The number of nitrogens with zero attached hydrogens (tertiary/aromatic N) is 4. The fourth-order valence-electron chi connectivity index (χ4n) is 2.41. The molecule has 0 atom stereocenters. The van der Waals surface area contributed by atoms with Gasteiger partial charge in [0.1, 0.15) is 5.03 Å². The highest BCUT2D eigenvalue weighted by Gasteiger charge is 2.31. The lowest BCUT2D eigenvalue weighted by molar-refractivity contribution is -0.137. The molecule has 0 spiro atoms. The molecule has 1 amide bonds. The highest BCUT2D eigenvalue weighted by molar-refractivity contribution is 7.99. The van der Waals surface area contributed by atoms with Gasteiger partial charge in [0.15, 0.2) is 5.82 Å².